The van der Waals surface area contributed by atoms with Crippen LogP contribution in [0.1, 0.15) is 50.0 Å². The molecular formula is C30H31NO4. The van der Waals surface area contributed by atoms with Crippen molar-refractivity contribution in [3.05, 3.63) is 83.4 Å². The minimum atomic E-state index is -0.254. The van der Waals surface area contributed by atoms with Gasteiger partial charge in [-0.05, 0) is 55.7 Å². The first-order valence-electron chi connectivity index (χ1n) is 12.0. The summed E-state index contributed by atoms with van der Waals surface area (Å²) < 4.78 is 17.9. The minimum Gasteiger partial charge on any atom is -0.496 e. The third-order valence-corrected chi connectivity index (χ3v) is 6.58. The maximum Gasteiger partial charge on any atom is 0.310 e. The molecule has 5 rings (SSSR count). The molecule has 0 aromatic heterocycles. The zero-order valence-electron chi connectivity index (χ0n) is 20.7. The Bertz CT molecular complexity index is 1290. The predicted octanol–water partition coefficient (Wildman–Crippen LogP) is 6.58. The molecule has 3 aromatic carbocycles. The van der Waals surface area contributed by atoms with Crippen molar-refractivity contribution in [3.8, 4) is 22.6 Å². The van der Waals surface area contributed by atoms with Crippen LogP contribution in [0.2, 0.25) is 0 Å². The van der Waals surface area contributed by atoms with E-state index in [1.165, 1.54) is 5.57 Å². The van der Waals surface area contributed by atoms with Crippen molar-refractivity contribution < 1.29 is 19.0 Å². The Kier molecular flexibility index (Phi) is 6.01. The van der Waals surface area contributed by atoms with Crippen molar-refractivity contribution in [2.45, 2.75) is 45.3 Å². The molecule has 0 radical (unpaired) electrons. The zero-order chi connectivity index (χ0) is 24.6. The molecule has 0 bridgehead atoms. The standard InChI is InChI=1S/C30H31NO4/c1-19-18-30(2,3)31-22-14-13-21-28-23(33-4)11-8-12-24(28)35-25(29(21)27(19)22)15-16-34-26(32)17-20-9-6-5-7-10-20/h5-14,18,25,31H,15-17H2,1-4H3. The van der Waals surface area contributed by atoms with Crippen molar-refractivity contribution in [2.24, 2.45) is 0 Å². The molecule has 0 saturated carbocycles. The summed E-state index contributed by atoms with van der Waals surface area (Å²) in [4.78, 5) is 12.4. The van der Waals surface area contributed by atoms with Crippen LogP contribution in [-0.4, -0.2) is 25.2 Å². The Morgan fingerprint density at radius 1 is 1.03 bits per heavy atom. The van der Waals surface area contributed by atoms with Crippen molar-refractivity contribution in [3.63, 3.8) is 0 Å². The van der Waals surface area contributed by atoms with E-state index in [0.29, 0.717) is 6.42 Å². The fourth-order valence-electron chi connectivity index (χ4n) is 5.25. The predicted molar refractivity (Wildman–Crippen MR) is 139 cm³/mol. The number of rotatable bonds is 6. The van der Waals surface area contributed by atoms with E-state index in [9.17, 15) is 4.79 Å². The number of esters is 1. The second-order valence-electron chi connectivity index (χ2n) is 9.73. The minimum absolute atomic E-state index is 0.140. The lowest BCUT2D eigenvalue weighted by atomic mass is 9.81. The van der Waals surface area contributed by atoms with Gasteiger partial charge in [-0.2, -0.15) is 0 Å². The summed E-state index contributed by atoms with van der Waals surface area (Å²) >= 11 is 0. The monoisotopic (exact) mass is 469 g/mol. The van der Waals surface area contributed by atoms with Crippen LogP contribution in [0.15, 0.2) is 66.7 Å². The van der Waals surface area contributed by atoms with E-state index in [1.54, 1.807) is 7.11 Å². The van der Waals surface area contributed by atoms with Gasteiger partial charge in [0.05, 0.1) is 31.2 Å². The normalized spacial score (nSPS) is 17.0. The van der Waals surface area contributed by atoms with Gasteiger partial charge in [-0.25, -0.2) is 0 Å². The molecule has 2 aliphatic rings. The molecule has 3 aromatic rings. The van der Waals surface area contributed by atoms with Crippen molar-refractivity contribution >= 4 is 17.2 Å². The van der Waals surface area contributed by atoms with Crippen LogP contribution in [-0.2, 0) is 16.0 Å². The third kappa shape index (κ3) is 4.51. The van der Waals surface area contributed by atoms with Crippen LogP contribution >= 0.6 is 0 Å². The smallest absolute Gasteiger partial charge is 0.310 e. The van der Waals surface area contributed by atoms with Crippen LogP contribution < -0.4 is 14.8 Å². The van der Waals surface area contributed by atoms with E-state index >= 15 is 0 Å². The number of nitrogens with one attached hydrogen (secondary N) is 1. The van der Waals surface area contributed by atoms with Gasteiger partial charge in [0, 0.05) is 23.2 Å². The highest BCUT2D eigenvalue weighted by molar-refractivity contribution is 5.91. The number of carbonyl (C=O) groups excluding carboxylic acids is 1. The number of carbonyl (C=O) groups is 1. The van der Waals surface area contributed by atoms with E-state index in [1.807, 2.05) is 48.5 Å². The first-order valence-corrected chi connectivity index (χ1v) is 12.0. The fourth-order valence-corrected chi connectivity index (χ4v) is 5.25. The summed E-state index contributed by atoms with van der Waals surface area (Å²) in [5.74, 6) is 1.33. The number of hydrogen-bond donors (Lipinski definition) is 1. The Morgan fingerprint density at radius 2 is 1.83 bits per heavy atom. The van der Waals surface area contributed by atoms with E-state index in [4.69, 9.17) is 14.2 Å². The van der Waals surface area contributed by atoms with Crippen LogP contribution in [0.25, 0.3) is 16.7 Å². The summed E-state index contributed by atoms with van der Waals surface area (Å²) in [6.07, 6.45) is 2.82. The van der Waals surface area contributed by atoms with Crippen LogP contribution in [0.5, 0.6) is 11.5 Å². The van der Waals surface area contributed by atoms with Crippen LogP contribution in [0, 0.1) is 0 Å². The summed E-state index contributed by atoms with van der Waals surface area (Å²) in [5, 5.41) is 3.64. The number of benzene rings is 3. The first-order chi connectivity index (χ1) is 16.9. The quantitative estimate of drug-likeness (QED) is 0.413. The summed E-state index contributed by atoms with van der Waals surface area (Å²) in [5.41, 5.74) is 7.41. The van der Waals surface area contributed by atoms with Gasteiger partial charge >= 0.3 is 5.97 Å². The summed E-state index contributed by atoms with van der Waals surface area (Å²) in [6.45, 7) is 6.76. The molecule has 5 heteroatoms. The molecule has 0 saturated heterocycles. The maximum atomic E-state index is 12.4. The van der Waals surface area contributed by atoms with E-state index in [-0.39, 0.29) is 30.6 Å². The lowest BCUT2D eigenvalue weighted by Gasteiger charge is -2.37. The van der Waals surface area contributed by atoms with Gasteiger partial charge in [0.25, 0.3) is 0 Å². The summed E-state index contributed by atoms with van der Waals surface area (Å²) in [7, 11) is 1.68. The van der Waals surface area contributed by atoms with E-state index < -0.39 is 0 Å². The topological polar surface area (TPSA) is 56.8 Å². The zero-order valence-corrected chi connectivity index (χ0v) is 20.7. The average Bonchev–Trinajstić information content (AvgIpc) is 2.83. The second kappa shape index (κ2) is 9.14. The highest BCUT2D eigenvalue weighted by Crippen LogP contribution is 2.52. The molecule has 0 spiro atoms. The van der Waals surface area contributed by atoms with Gasteiger partial charge in [0.1, 0.15) is 17.6 Å². The average molecular weight is 470 g/mol. The molecule has 0 amide bonds. The van der Waals surface area contributed by atoms with Gasteiger partial charge in [0.2, 0.25) is 0 Å². The van der Waals surface area contributed by atoms with E-state index in [2.05, 4.69) is 44.3 Å². The highest BCUT2D eigenvalue weighted by Gasteiger charge is 2.34. The maximum absolute atomic E-state index is 12.4. The SMILES string of the molecule is COc1cccc2c1-c1ccc3c(c1C(CCOC(=O)Cc1ccccc1)O2)C(C)=CC(C)(C)N3. The van der Waals surface area contributed by atoms with Gasteiger partial charge < -0.3 is 19.5 Å². The molecule has 2 heterocycles. The number of ether oxygens (including phenoxy) is 3. The lowest BCUT2D eigenvalue weighted by molar-refractivity contribution is -0.143. The van der Waals surface area contributed by atoms with Crippen LogP contribution in [0.4, 0.5) is 5.69 Å². The largest absolute Gasteiger partial charge is 0.496 e. The molecule has 1 atom stereocenters. The second-order valence-corrected chi connectivity index (χ2v) is 9.73. The van der Waals surface area contributed by atoms with Crippen molar-refractivity contribution in [2.75, 3.05) is 19.0 Å². The molecule has 180 valence electrons. The Morgan fingerprint density at radius 3 is 2.60 bits per heavy atom. The number of hydrogen-bond acceptors (Lipinski definition) is 5. The van der Waals surface area contributed by atoms with Crippen LogP contribution in [0.3, 0.4) is 0 Å². The Labute approximate surface area is 206 Å². The van der Waals surface area contributed by atoms with Gasteiger partial charge in [-0.1, -0.05) is 48.5 Å². The first kappa shape index (κ1) is 23.0. The number of anilines is 1. The highest BCUT2D eigenvalue weighted by atomic mass is 16.5. The van der Waals surface area contributed by atoms with Gasteiger partial charge in [0.15, 0.2) is 0 Å². The Hall–Kier alpha value is -3.73. The van der Waals surface area contributed by atoms with Crippen molar-refractivity contribution in [1.82, 2.24) is 0 Å². The molecule has 35 heavy (non-hydrogen) atoms. The molecule has 0 aliphatic carbocycles. The van der Waals surface area contributed by atoms with E-state index in [0.717, 1.165) is 45.0 Å². The fraction of sp³-hybridized carbons (Fsp3) is 0.300. The molecule has 5 nitrogen and oxygen atoms in total. The number of fused-ring (bicyclic) bond motifs is 5. The van der Waals surface area contributed by atoms with Gasteiger partial charge in [-0.3, -0.25) is 4.79 Å². The van der Waals surface area contributed by atoms with Crippen molar-refractivity contribution in [1.29, 1.82) is 0 Å². The third-order valence-electron chi connectivity index (χ3n) is 6.58. The molecule has 1 N–H and O–H groups in total. The van der Waals surface area contributed by atoms with Gasteiger partial charge in [-0.15, -0.1) is 0 Å². The number of methoxy groups -OCH3 is 1. The summed E-state index contributed by atoms with van der Waals surface area (Å²) in [6, 6.07) is 19.8. The Balaban J connectivity index is 1.47. The molecular weight excluding hydrogens is 438 g/mol. The number of allylic oxidation sites excluding steroid dienone is 1. The lowest BCUT2D eigenvalue weighted by Crippen LogP contribution is -2.32. The molecule has 2 aliphatic heterocycles. The molecule has 0 fully saturated rings. The molecule has 1 unspecified atom stereocenters.